The first-order valence-corrected chi connectivity index (χ1v) is 10.5. The lowest BCUT2D eigenvalue weighted by molar-refractivity contribution is -0.129. The summed E-state index contributed by atoms with van der Waals surface area (Å²) in [4.78, 5) is 16.2. The molecule has 1 aromatic heterocycles. The fourth-order valence-corrected chi connectivity index (χ4v) is 5.00. The molecule has 0 spiro atoms. The zero-order chi connectivity index (χ0) is 18.6. The highest BCUT2D eigenvalue weighted by molar-refractivity contribution is 7.10. The Morgan fingerprint density at radius 1 is 1.26 bits per heavy atom. The molecule has 2 aromatic rings. The van der Waals surface area contributed by atoms with Gasteiger partial charge in [0.05, 0.1) is 25.3 Å². The van der Waals surface area contributed by atoms with Crippen molar-refractivity contribution in [2.24, 2.45) is 0 Å². The quantitative estimate of drug-likeness (QED) is 0.849. The number of amides is 1. The maximum atomic E-state index is 13.3. The monoisotopic (exact) mass is 388 g/mol. The number of halogens is 1. The number of nitrogens with one attached hydrogen (secondary N) is 1. The Morgan fingerprint density at radius 3 is 2.85 bits per heavy atom. The second kappa shape index (κ2) is 8.50. The lowest BCUT2D eigenvalue weighted by atomic mass is 9.90. The number of fused-ring (bicyclic) bond motifs is 1. The summed E-state index contributed by atoms with van der Waals surface area (Å²) in [5.41, 5.74) is 0.893. The molecule has 3 atom stereocenters. The Labute approximate surface area is 163 Å². The molecule has 0 bridgehead atoms. The average Bonchev–Trinajstić information content (AvgIpc) is 3.22. The van der Waals surface area contributed by atoms with Crippen molar-refractivity contribution < 1.29 is 13.9 Å². The SMILES string of the molecule is O=C(CN1CCO[C@@H]2CCCC[C@H]21)N[C@H](c1ccc(F)cc1)c1cccs1. The van der Waals surface area contributed by atoms with Gasteiger partial charge in [0.15, 0.2) is 0 Å². The van der Waals surface area contributed by atoms with Gasteiger partial charge in [0.2, 0.25) is 5.91 Å². The van der Waals surface area contributed by atoms with Crippen LogP contribution in [0.5, 0.6) is 0 Å². The lowest BCUT2D eigenvalue weighted by Gasteiger charge is -2.43. The summed E-state index contributed by atoms with van der Waals surface area (Å²) in [6.07, 6.45) is 4.88. The molecule has 1 saturated heterocycles. The van der Waals surface area contributed by atoms with E-state index in [2.05, 4.69) is 10.2 Å². The molecule has 0 unspecified atom stereocenters. The molecule has 0 radical (unpaired) electrons. The summed E-state index contributed by atoms with van der Waals surface area (Å²) in [5.74, 6) is -0.268. The molecule has 4 nitrogen and oxygen atoms in total. The minimum Gasteiger partial charge on any atom is -0.375 e. The Morgan fingerprint density at radius 2 is 2.07 bits per heavy atom. The second-order valence-corrected chi connectivity index (χ2v) is 8.28. The van der Waals surface area contributed by atoms with Gasteiger partial charge in [-0.25, -0.2) is 4.39 Å². The predicted octanol–water partition coefficient (Wildman–Crippen LogP) is 3.74. The van der Waals surface area contributed by atoms with Crippen molar-refractivity contribution in [2.45, 2.75) is 43.9 Å². The van der Waals surface area contributed by atoms with Crippen molar-refractivity contribution in [1.82, 2.24) is 10.2 Å². The van der Waals surface area contributed by atoms with Gasteiger partial charge in [0.1, 0.15) is 5.82 Å². The highest BCUT2D eigenvalue weighted by atomic mass is 32.1. The highest BCUT2D eigenvalue weighted by Gasteiger charge is 2.35. The number of nitrogens with zero attached hydrogens (tertiary/aromatic N) is 1. The Kier molecular flexibility index (Phi) is 5.86. The van der Waals surface area contributed by atoms with E-state index in [0.29, 0.717) is 19.2 Å². The van der Waals surface area contributed by atoms with E-state index in [1.807, 2.05) is 17.5 Å². The summed E-state index contributed by atoms with van der Waals surface area (Å²) in [7, 11) is 0. The number of ether oxygens (including phenoxy) is 1. The van der Waals surface area contributed by atoms with Gasteiger partial charge < -0.3 is 10.1 Å². The number of hydrogen-bond donors (Lipinski definition) is 1. The van der Waals surface area contributed by atoms with Crippen LogP contribution in [0.1, 0.15) is 42.2 Å². The number of thiophene rings is 1. The van der Waals surface area contributed by atoms with Crippen molar-refractivity contribution >= 4 is 17.2 Å². The molecule has 2 aliphatic rings. The molecule has 1 aliphatic heterocycles. The van der Waals surface area contributed by atoms with Crippen LogP contribution in [0.4, 0.5) is 4.39 Å². The van der Waals surface area contributed by atoms with Crippen molar-refractivity contribution in [2.75, 3.05) is 19.7 Å². The minimum absolute atomic E-state index is 0.00366. The Balaban J connectivity index is 1.46. The van der Waals surface area contributed by atoms with E-state index in [9.17, 15) is 9.18 Å². The van der Waals surface area contributed by atoms with Crippen LogP contribution in [0.15, 0.2) is 41.8 Å². The molecule has 144 valence electrons. The summed E-state index contributed by atoms with van der Waals surface area (Å²) in [5, 5.41) is 5.16. The number of carbonyl (C=O) groups excluding carboxylic acids is 1. The van der Waals surface area contributed by atoms with Gasteiger partial charge in [0.25, 0.3) is 0 Å². The van der Waals surface area contributed by atoms with E-state index in [4.69, 9.17) is 4.74 Å². The van der Waals surface area contributed by atoms with Gasteiger partial charge in [0, 0.05) is 17.5 Å². The number of carbonyl (C=O) groups is 1. The predicted molar refractivity (Wildman–Crippen MR) is 104 cm³/mol. The Bertz CT molecular complexity index is 748. The van der Waals surface area contributed by atoms with Crippen LogP contribution in [0.3, 0.4) is 0 Å². The van der Waals surface area contributed by atoms with Crippen molar-refractivity contribution in [3.8, 4) is 0 Å². The molecule has 6 heteroatoms. The molecular weight excluding hydrogens is 363 g/mol. The third-order valence-electron chi connectivity index (χ3n) is 5.53. The van der Waals surface area contributed by atoms with Crippen LogP contribution < -0.4 is 5.32 Å². The van der Waals surface area contributed by atoms with Gasteiger partial charge in [-0.05, 0) is 42.0 Å². The highest BCUT2D eigenvalue weighted by Crippen LogP contribution is 2.29. The van der Waals surface area contributed by atoms with Crippen LogP contribution in [0, 0.1) is 5.82 Å². The number of morpholine rings is 1. The number of rotatable bonds is 5. The summed E-state index contributed by atoms with van der Waals surface area (Å²) < 4.78 is 19.2. The van der Waals surface area contributed by atoms with E-state index in [1.165, 1.54) is 25.0 Å². The van der Waals surface area contributed by atoms with E-state index in [1.54, 1.807) is 23.5 Å². The van der Waals surface area contributed by atoms with Crippen LogP contribution in [-0.4, -0.2) is 42.6 Å². The third kappa shape index (κ3) is 4.39. The fourth-order valence-electron chi connectivity index (χ4n) is 4.19. The van der Waals surface area contributed by atoms with E-state index < -0.39 is 0 Å². The molecule has 27 heavy (non-hydrogen) atoms. The largest absolute Gasteiger partial charge is 0.375 e. The fraction of sp³-hybridized carbons (Fsp3) is 0.476. The van der Waals surface area contributed by atoms with Gasteiger partial charge in [-0.1, -0.05) is 31.0 Å². The molecule has 2 heterocycles. The van der Waals surface area contributed by atoms with E-state index in [-0.39, 0.29) is 23.9 Å². The second-order valence-electron chi connectivity index (χ2n) is 7.30. The molecule has 1 aliphatic carbocycles. The molecule has 1 N–H and O–H groups in total. The Hall–Kier alpha value is -1.76. The van der Waals surface area contributed by atoms with Gasteiger partial charge in [-0.2, -0.15) is 0 Å². The zero-order valence-electron chi connectivity index (χ0n) is 15.3. The first-order valence-electron chi connectivity index (χ1n) is 9.64. The first-order chi connectivity index (χ1) is 13.2. The van der Waals surface area contributed by atoms with Gasteiger partial charge in [-0.3, -0.25) is 9.69 Å². The zero-order valence-corrected chi connectivity index (χ0v) is 16.1. The molecule has 1 saturated carbocycles. The lowest BCUT2D eigenvalue weighted by Crippen LogP contribution is -2.55. The van der Waals surface area contributed by atoms with Crippen LogP contribution in [-0.2, 0) is 9.53 Å². The minimum atomic E-state index is -0.272. The topological polar surface area (TPSA) is 41.6 Å². The van der Waals surface area contributed by atoms with Crippen LogP contribution >= 0.6 is 11.3 Å². The maximum absolute atomic E-state index is 13.3. The molecule has 1 aromatic carbocycles. The van der Waals surface area contributed by atoms with Gasteiger partial charge in [-0.15, -0.1) is 11.3 Å². The number of benzene rings is 1. The van der Waals surface area contributed by atoms with E-state index >= 15 is 0 Å². The summed E-state index contributed by atoms with van der Waals surface area (Å²) in [6, 6.07) is 10.4. The van der Waals surface area contributed by atoms with Gasteiger partial charge >= 0.3 is 0 Å². The molecular formula is C21H25FN2O2S. The average molecular weight is 389 g/mol. The smallest absolute Gasteiger partial charge is 0.234 e. The molecule has 1 amide bonds. The van der Waals surface area contributed by atoms with Crippen molar-refractivity contribution in [3.05, 3.63) is 58.0 Å². The van der Waals surface area contributed by atoms with E-state index in [0.717, 1.165) is 29.8 Å². The maximum Gasteiger partial charge on any atom is 0.234 e. The van der Waals surface area contributed by atoms with Crippen LogP contribution in [0.25, 0.3) is 0 Å². The molecule has 2 fully saturated rings. The first kappa shape index (κ1) is 18.6. The van der Waals surface area contributed by atoms with Crippen molar-refractivity contribution in [3.63, 3.8) is 0 Å². The standard InChI is InChI=1S/C21H25FN2O2S/c22-16-9-7-15(8-10-16)21(19-6-3-13-27-19)23-20(25)14-24-11-12-26-18-5-2-1-4-17(18)24/h3,6-10,13,17-18,21H,1-2,4-5,11-12,14H2,(H,23,25)/t17-,18-,21-/m1/s1. The summed E-state index contributed by atoms with van der Waals surface area (Å²) >= 11 is 1.59. The summed E-state index contributed by atoms with van der Waals surface area (Å²) in [6.45, 7) is 1.88. The molecule has 4 rings (SSSR count). The van der Waals surface area contributed by atoms with Crippen molar-refractivity contribution in [1.29, 1.82) is 0 Å². The van der Waals surface area contributed by atoms with Crippen LogP contribution in [0.2, 0.25) is 0 Å². The number of hydrogen-bond acceptors (Lipinski definition) is 4. The third-order valence-corrected chi connectivity index (χ3v) is 6.47. The normalized spacial score (nSPS) is 24.2.